The van der Waals surface area contributed by atoms with E-state index in [1.807, 2.05) is 31.2 Å². The van der Waals surface area contributed by atoms with Crippen LogP contribution in [0.1, 0.15) is 12.0 Å². The summed E-state index contributed by atoms with van der Waals surface area (Å²) in [5.74, 6) is -0.318. The van der Waals surface area contributed by atoms with Gasteiger partial charge in [-0.15, -0.1) is 0 Å². The molecule has 0 saturated heterocycles. The number of ether oxygens (including phenoxy) is 2. The molecule has 0 fully saturated rings. The van der Waals surface area contributed by atoms with Crippen LogP contribution in [0.15, 0.2) is 42.5 Å². The fraction of sp³-hybridized carbons (Fsp3) is 0.222. The van der Waals surface area contributed by atoms with Crippen LogP contribution in [-0.2, 0) is 14.3 Å². The van der Waals surface area contributed by atoms with Gasteiger partial charge in [0.1, 0.15) is 5.75 Å². The third-order valence-electron chi connectivity index (χ3n) is 3.08. The molecule has 1 N–H and O–H groups in total. The Labute approximate surface area is 155 Å². The minimum atomic E-state index is -0.521. The molecule has 2 aromatic carbocycles. The average molecular weight is 382 g/mol. The molecule has 1 amide bonds. The lowest BCUT2D eigenvalue weighted by atomic mass is 10.2. The number of anilines is 1. The van der Waals surface area contributed by atoms with Crippen LogP contribution in [0.3, 0.4) is 0 Å². The van der Waals surface area contributed by atoms with Gasteiger partial charge in [0.15, 0.2) is 6.61 Å². The molecule has 132 valence electrons. The zero-order valence-corrected chi connectivity index (χ0v) is 15.1. The number of rotatable bonds is 7. The van der Waals surface area contributed by atoms with E-state index in [0.717, 1.165) is 5.56 Å². The van der Waals surface area contributed by atoms with Crippen molar-refractivity contribution in [1.29, 1.82) is 0 Å². The van der Waals surface area contributed by atoms with Crippen LogP contribution < -0.4 is 10.1 Å². The number of carbonyl (C=O) groups is 2. The quantitative estimate of drug-likeness (QED) is 0.727. The highest BCUT2D eigenvalue weighted by Gasteiger charge is 2.09. The lowest BCUT2D eigenvalue weighted by Crippen LogP contribution is -2.21. The van der Waals surface area contributed by atoms with Crippen molar-refractivity contribution in [1.82, 2.24) is 0 Å². The molecule has 0 aliphatic heterocycles. The topological polar surface area (TPSA) is 64.6 Å². The number of halogens is 2. The number of hydrogen-bond acceptors (Lipinski definition) is 4. The fourth-order valence-electron chi connectivity index (χ4n) is 2.00. The van der Waals surface area contributed by atoms with Crippen molar-refractivity contribution < 1.29 is 19.1 Å². The average Bonchev–Trinajstić information content (AvgIpc) is 2.52. The Morgan fingerprint density at radius 1 is 1.08 bits per heavy atom. The van der Waals surface area contributed by atoms with E-state index in [2.05, 4.69) is 5.32 Å². The molecule has 0 spiro atoms. The number of hydrogen-bond donors (Lipinski definition) is 1. The summed E-state index contributed by atoms with van der Waals surface area (Å²) >= 11 is 11.7. The third kappa shape index (κ3) is 7.03. The van der Waals surface area contributed by atoms with Crippen molar-refractivity contribution >= 4 is 40.8 Å². The van der Waals surface area contributed by atoms with Gasteiger partial charge in [-0.25, -0.2) is 0 Å². The number of nitrogens with one attached hydrogen (secondary N) is 1. The number of benzene rings is 2. The highest BCUT2D eigenvalue weighted by atomic mass is 35.5. The predicted molar refractivity (Wildman–Crippen MR) is 97.3 cm³/mol. The molecule has 0 heterocycles. The first-order chi connectivity index (χ1) is 11.9. The summed E-state index contributed by atoms with van der Waals surface area (Å²) in [5.41, 5.74) is 1.50. The molecule has 25 heavy (non-hydrogen) atoms. The summed E-state index contributed by atoms with van der Waals surface area (Å²) in [6.07, 6.45) is 0.0458. The van der Waals surface area contributed by atoms with Crippen molar-refractivity contribution in [2.75, 3.05) is 18.5 Å². The Hall–Kier alpha value is -2.24. The maximum Gasteiger partial charge on any atom is 0.309 e. The van der Waals surface area contributed by atoms with E-state index >= 15 is 0 Å². The van der Waals surface area contributed by atoms with Crippen LogP contribution in [0.2, 0.25) is 10.0 Å². The fourth-order valence-corrected chi connectivity index (χ4v) is 2.52. The lowest BCUT2D eigenvalue weighted by molar-refractivity contribution is -0.147. The minimum absolute atomic E-state index is 0.0458. The summed E-state index contributed by atoms with van der Waals surface area (Å²) in [5, 5.41) is 3.34. The van der Waals surface area contributed by atoms with E-state index in [0.29, 0.717) is 21.5 Å². The highest BCUT2D eigenvalue weighted by Crippen LogP contribution is 2.22. The van der Waals surface area contributed by atoms with Gasteiger partial charge in [0, 0.05) is 15.7 Å². The number of carbonyl (C=O) groups excluding carboxylic acids is 2. The molecule has 0 aliphatic carbocycles. The maximum absolute atomic E-state index is 11.8. The molecule has 0 radical (unpaired) electrons. The predicted octanol–water partition coefficient (Wildman–Crippen LogP) is 4.25. The summed E-state index contributed by atoms with van der Waals surface area (Å²) < 4.78 is 10.4. The first-order valence-electron chi connectivity index (χ1n) is 7.53. The van der Waals surface area contributed by atoms with Crippen molar-refractivity contribution in [3.8, 4) is 5.75 Å². The van der Waals surface area contributed by atoms with E-state index < -0.39 is 18.5 Å². The SMILES string of the molecule is Cc1cccc(OCCC(=O)OCC(=O)Nc2cc(Cl)cc(Cl)c2)c1. The Morgan fingerprint density at radius 2 is 1.80 bits per heavy atom. The first-order valence-corrected chi connectivity index (χ1v) is 8.29. The van der Waals surface area contributed by atoms with Gasteiger partial charge in [0.25, 0.3) is 5.91 Å². The van der Waals surface area contributed by atoms with Crippen LogP contribution in [0.25, 0.3) is 0 Å². The second-order valence-electron chi connectivity index (χ2n) is 5.28. The van der Waals surface area contributed by atoms with Gasteiger partial charge in [-0.3, -0.25) is 9.59 Å². The molecular weight excluding hydrogens is 365 g/mol. The monoisotopic (exact) mass is 381 g/mol. The van der Waals surface area contributed by atoms with Crippen molar-refractivity contribution in [3.63, 3.8) is 0 Å². The van der Waals surface area contributed by atoms with Crippen molar-refractivity contribution in [3.05, 3.63) is 58.1 Å². The van der Waals surface area contributed by atoms with E-state index in [1.54, 1.807) is 18.2 Å². The van der Waals surface area contributed by atoms with Gasteiger partial charge in [-0.1, -0.05) is 35.3 Å². The van der Waals surface area contributed by atoms with Crippen molar-refractivity contribution in [2.24, 2.45) is 0 Å². The standard InChI is InChI=1S/C18H17Cl2NO4/c1-12-3-2-4-16(7-12)24-6-5-18(23)25-11-17(22)21-15-9-13(19)8-14(20)10-15/h2-4,7-10H,5-6,11H2,1H3,(H,21,22). The van der Waals surface area contributed by atoms with E-state index in [1.165, 1.54) is 0 Å². The number of esters is 1. The highest BCUT2D eigenvalue weighted by molar-refractivity contribution is 6.35. The number of aryl methyl sites for hydroxylation is 1. The van der Waals surface area contributed by atoms with Crippen molar-refractivity contribution in [2.45, 2.75) is 13.3 Å². The van der Waals surface area contributed by atoms with Gasteiger partial charge in [0.2, 0.25) is 0 Å². The Bertz CT molecular complexity index is 744. The van der Waals surface area contributed by atoms with Gasteiger partial charge in [-0.05, 0) is 42.8 Å². The smallest absolute Gasteiger partial charge is 0.309 e. The first kappa shape index (κ1) is 19.1. The van der Waals surface area contributed by atoms with E-state index in [4.69, 9.17) is 32.7 Å². The molecule has 0 unspecified atom stereocenters. The summed E-state index contributed by atoms with van der Waals surface area (Å²) in [6.45, 7) is 1.73. The molecule has 0 aromatic heterocycles. The van der Waals surface area contributed by atoms with Gasteiger partial charge in [-0.2, -0.15) is 0 Å². The van der Waals surface area contributed by atoms with Crippen LogP contribution in [-0.4, -0.2) is 25.1 Å². The summed E-state index contributed by atoms with van der Waals surface area (Å²) in [6, 6.07) is 12.1. The minimum Gasteiger partial charge on any atom is -0.493 e. The van der Waals surface area contributed by atoms with Crippen LogP contribution in [0.5, 0.6) is 5.75 Å². The zero-order valence-electron chi connectivity index (χ0n) is 13.6. The van der Waals surface area contributed by atoms with E-state index in [9.17, 15) is 9.59 Å². The van der Waals surface area contributed by atoms with Gasteiger partial charge >= 0.3 is 5.97 Å². The second kappa shape index (κ2) is 9.30. The molecular formula is C18H17Cl2NO4. The second-order valence-corrected chi connectivity index (χ2v) is 6.15. The maximum atomic E-state index is 11.8. The molecule has 0 saturated carbocycles. The molecule has 2 rings (SSSR count). The van der Waals surface area contributed by atoms with E-state index in [-0.39, 0.29) is 13.0 Å². The van der Waals surface area contributed by atoms with Gasteiger partial charge in [0.05, 0.1) is 13.0 Å². The summed E-state index contributed by atoms with van der Waals surface area (Å²) in [4.78, 5) is 23.4. The molecule has 0 atom stereocenters. The van der Waals surface area contributed by atoms with Crippen LogP contribution >= 0.6 is 23.2 Å². The molecule has 2 aromatic rings. The normalized spacial score (nSPS) is 10.2. The lowest BCUT2D eigenvalue weighted by Gasteiger charge is -2.08. The zero-order chi connectivity index (χ0) is 18.2. The Balaban J connectivity index is 1.69. The molecule has 7 heteroatoms. The molecule has 0 aliphatic rings. The third-order valence-corrected chi connectivity index (χ3v) is 3.51. The Morgan fingerprint density at radius 3 is 2.48 bits per heavy atom. The van der Waals surface area contributed by atoms with Gasteiger partial charge < -0.3 is 14.8 Å². The largest absolute Gasteiger partial charge is 0.493 e. The number of amides is 1. The molecule has 0 bridgehead atoms. The van der Waals surface area contributed by atoms with Crippen LogP contribution in [0.4, 0.5) is 5.69 Å². The molecule has 5 nitrogen and oxygen atoms in total. The van der Waals surface area contributed by atoms with Crippen LogP contribution in [0, 0.1) is 6.92 Å². The summed E-state index contributed by atoms with van der Waals surface area (Å²) in [7, 11) is 0. The Kier molecular flexibility index (Phi) is 7.10.